The fourth-order valence-corrected chi connectivity index (χ4v) is 3.87. The number of nitrogens with zero attached hydrogens (tertiary/aromatic N) is 1. The molecule has 0 spiro atoms. The van der Waals surface area contributed by atoms with Gasteiger partial charge in [-0.05, 0) is 36.1 Å². The van der Waals surface area contributed by atoms with Crippen molar-refractivity contribution >= 4 is 17.2 Å². The van der Waals surface area contributed by atoms with Crippen LogP contribution in [-0.4, -0.2) is 23.4 Å². The number of amides is 1. The van der Waals surface area contributed by atoms with Crippen LogP contribution in [0.2, 0.25) is 0 Å². The zero-order chi connectivity index (χ0) is 14.1. The molecule has 3 nitrogen and oxygen atoms in total. The summed E-state index contributed by atoms with van der Waals surface area (Å²) in [6.07, 6.45) is 4.62. The van der Waals surface area contributed by atoms with Crippen molar-refractivity contribution in [2.45, 2.75) is 51.7 Å². The third-order valence-electron chi connectivity index (χ3n) is 4.62. The summed E-state index contributed by atoms with van der Waals surface area (Å²) in [6.45, 7) is 5.39. The van der Waals surface area contributed by atoms with E-state index in [2.05, 4.69) is 41.6 Å². The predicted molar refractivity (Wildman–Crippen MR) is 82.5 cm³/mol. The Morgan fingerprint density at radius 1 is 1.50 bits per heavy atom. The van der Waals surface area contributed by atoms with E-state index in [1.54, 1.807) is 11.3 Å². The van der Waals surface area contributed by atoms with Crippen LogP contribution < -0.4 is 5.32 Å². The maximum absolute atomic E-state index is 12.7. The SMILES string of the molecule is CCCCC1NC(c2cccs2)N(CC2CC2C)C1=O. The molecule has 1 aromatic heterocycles. The average Bonchev–Trinajstić information content (AvgIpc) is 2.84. The van der Waals surface area contributed by atoms with Gasteiger partial charge in [0.2, 0.25) is 5.91 Å². The van der Waals surface area contributed by atoms with E-state index in [4.69, 9.17) is 0 Å². The molecule has 1 amide bonds. The van der Waals surface area contributed by atoms with Crippen LogP contribution in [0, 0.1) is 11.8 Å². The molecule has 1 aromatic rings. The number of carbonyl (C=O) groups is 1. The molecule has 1 N–H and O–H groups in total. The number of nitrogens with one attached hydrogen (secondary N) is 1. The first kappa shape index (κ1) is 14.1. The van der Waals surface area contributed by atoms with E-state index < -0.39 is 0 Å². The fraction of sp³-hybridized carbons (Fsp3) is 0.688. The Balaban J connectivity index is 1.73. The Labute approximate surface area is 125 Å². The highest BCUT2D eigenvalue weighted by molar-refractivity contribution is 7.10. The summed E-state index contributed by atoms with van der Waals surface area (Å²) in [4.78, 5) is 16.0. The first-order chi connectivity index (χ1) is 9.70. The summed E-state index contributed by atoms with van der Waals surface area (Å²) in [5, 5.41) is 5.66. The van der Waals surface area contributed by atoms with Gasteiger partial charge in [0.05, 0.1) is 6.04 Å². The molecule has 0 bridgehead atoms. The van der Waals surface area contributed by atoms with Gasteiger partial charge in [0.25, 0.3) is 0 Å². The molecule has 4 heteroatoms. The van der Waals surface area contributed by atoms with Crippen molar-refractivity contribution in [3.05, 3.63) is 22.4 Å². The van der Waals surface area contributed by atoms with E-state index in [1.807, 2.05) is 0 Å². The van der Waals surface area contributed by atoms with E-state index in [0.717, 1.165) is 31.7 Å². The molecular formula is C16H24N2OS. The first-order valence-electron chi connectivity index (χ1n) is 7.80. The van der Waals surface area contributed by atoms with Crippen LogP contribution in [0.15, 0.2) is 17.5 Å². The smallest absolute Gasteiger partial charge is 0.241 e. The third kappa shape index (κ3) is 2.77. The number of rotatable bonds is 6. The summed E-state index contributed by atoms with van der Waals surface area (Å²) in [7, 11) is 0. The van der Waals surface area contributed by atoms with Gasteiger partial charge in [0.15, 0.2) is 0 Å². The Morgan fingerprint density at radius 2 is 2.30 bits per heavy atom. The molecule has 0 radical (unpaired) electrons. The molecule has 2 heterocycles. The largest absolute Gasteiger partial charge is 0.320 e. The topological polar surface area (TPSA) is 32.3 Å². The van der Waals surface area contributed by atoms with E-state index in [1.165, 1.54) is 11.3 Å². The van der Waals surface area contributed by atoms with E-state index in [-0.39, 0.29) is 12.2 Å². The van der Waals surface area contributed by atoms with Crippen LogP contribution in [0.25, 0.3) is 0 Å². The van der Waals surface area contributed by atoms with Crippen molar-refractivity contribution in [3.8, 4) is 0 Å². The number of hydrogen-bond acceptors (Lipinski definition) is 3. The van der Waals surface area contributed by atoms with Crippen LogP contribution in [0.4, 0.5) is 0 Å². The van der Waals surface area contributed by atoms with Crippen LogP contribution in [0.3, 0.4) is 0 Å². The molecule has 1 saturated heterocycles. The van der Waals surface area contributed by atoms with E-state index in [0.29, 0.717) is 11.8 Å². The third-order valence-corrected chi connectivity index (χ3v) is 5.54. The second-order valence-electron chi connectivity index (χ2n) is 6.24. The average molecular weight is 292 g/mol. The maximum Gasteiger partial charge on any atom is 0.241 e. The van der Waals surface area contributed by atoms with Gasteiger partial charge < -0.3 is 4.90 Å². The van der Waals surface area contributed by atoms with Crippen molar-refractivity contribution in [1.82, 2.24) is 10.2 Å². The summed E-state index contributed by atoms with van der Waals surface area (Å²) in [5.41, 5.74) is 0. The van der Waals surface area contributed by atoms with Gasteiger partial charge in [-0.25, -0.2) is 0 Å². The van der Waals surface area contributed by atoms with E-state index in [9.17, 15) is 4.79 Å². The minimum absolute atomic E-state index is 0.0242. The standard InChI is InChI=1S/C16H24N2OS/c1-3-4-6-13-16(19)18(10-12-9-11(12)2)15(17-13)14-7-5-8-20-14/h5,7-8,11-13,15,17H,3-4,6,9-10H2,1-2H3. The second kappa shape index (κ2) is 5.86. The van der Waals surface area contributed by atoms with Crippen molar-refractivity contribution in [3.63, 3.8) is 0 Å². The van der Waals surface area contributed by atoms with Crippen molar-refractivity contribution in [2.24, 2.45) is 11.8 Å². The van der Waals surface area contributed by atoms with Crippen molar-refractivity contribution in [1.29, 1.82) is 0 Å². The second-order valence-corrected chi connectivity index (χ2v) is 7.22. The molecular weight excluding hydrogens is 268 g/mol. The van der Waals surface area contributed by atoms with Crippen molar-refractivity contribution < 1.29 is 4.79 Å². The summed E-state index contributed by atoms with van der Waals surface area (Å²) < 4.78 is 0. The number of unbranched alkanes of at least 4 members (excludes halogenated alkanes) is 1. The summed E-state index contributed by atoms with van der Waals surface area (Å²) in [6, 6.07) is 4.24. The Bertz CT molecular complexity index is 459. The van der Waals surface area contributed by atoms with Gasteiger partial charge in [-0.2, -0.15) is 0 Å². The molecule has 1 aliphatic carbocycles. The van der Waals surface area contributed by atoms with E-state index >= 15 is 0 Å². The van der Waals surface area contributed by atoms with Gasteiger partial charge >= 0.3 is 0 Å². The maximum atomic E-state index is 12.7. The first-order valence-corrected chi connectivity index (χ1v) is 8.68. The van der Waals surface area contributed by atoms with Crippen LogP contribution in [-0.2, 0) is 4.79 Å². The van der Waals surface area contributed by atoms with Gasteiger partial charge in [-0.15, -0.1) is 11.3 Å². The molecule has 1 aliphatic heterocycles. The van der Waals surface area contributed by atoms with Gasteiger partial charge in [0, 0.05) is 11.4 Å². The van der Waals surface area contributed by atoms with Crippen LogP contribution in [0.5, 0.6) is 0 Å². The Hall–Kier alpha value is -0.870. The summed E-state index contributed by atoms with van der Waals surface area (Å²) in [5.74, 6) is 1.82. The minimum atomic E-state index is 0.0242. The monoisotopic (exact) mass is 292 g/mol. The van der Waals surface area contributed by atoms with Crippen LogP contribution in [0.1, 0.15) is 50.6 Å². The lowest BCUT2D eigenvalue weighted by Gasteiger charge is -2.23. The molecule has 2 fully saturated rings. The Morgan fingerprint density at radius 3 is 2.90 bits per heavy atom. The van der Waals surface area contributed by atoms with Gasteiger partial charge in [-0.1, -0.05) is 32.8 Å². The lowest BCUT2D eigenvalue weighted by molar-refractivity contribution is -0.130. The highest BCUT2D eigenvalue weighted by atomic mass is 32.1. The molecule has 20 heavy (non-hydrogen) atoms. The Kier molecular flexibility index (Phi) is 4.13. The number of carbonyl (C=O) groups excluding carboxylic acids is 1. The normalized spacial score (nSPS) is 32.9. The zero-order valence-electron chi connectivity index (χ0n) is 12.3. The molecule has 1 saturated carbocycles. The zero-order valence-corrected chi connectivity index (χ0v) is 13.2. The molecule has 3 rings (SSSR count). The quantitative estimate of drug-likeness (QED) is 0.871. The predicted octanol–water partition coefficient (Wildman–Crippen LogP) is 3.39. The highest BCUT2D eigenvalue weighted by Crippen LogP contribution is 2.41. The highest BCUT2D eigenvalue weighted by Gasteiger charge is 2.44. The van der Waals surface area contributed by atoms with Gasteiger partial charge in [-0.3, -0.25) is 10.1 Å². The number of hydrogen-bond donors (Lipinski definition) is 1. The lowest BCUT2D eigenvalue weighted by atomic mass is 10.1. The fourth-order valence-electron chi connectivity index (χ4n) is 3.08. The number of thiophene rings is 1. The summed E-state index contributed by atoms with van der Waals surface area (Å²) >= 11 is 1.74. The van der Waals surface area contributed by atoms with Crippen molar-refractivity contribution in [2.75, 3.05) is 6.54 Å². The molecule has 4 unspecified atom stereocenters. The minimum Gasteiger partial charge on any atom is -0.320 e. The van der Waals surface area contributed by atoms with Gasteiger partial charge in [0.1, 0.15) is 6.17 Å². The van der Waals surface area contributed by atoms with Crippen LogP contribution >= 0.6 is 11.3 Å². The molecule has 0 aromatic carbocycles. The molecule has 110 valence electrons. The molecule has 2 aliphatic rings. The molecule has 4 atom stereocenters. The lowest BCUT2D eigenvalue weighted by Crippen LogP contribution is -2.33.